The Morgan fingerprint density at radius 3 is 2.25 bits per heavy atom. The summed E-state index contributed by atoms with van der Waals surface area (Å²) in [6, 6.07) is 16.9. The average Bonchev–Trinajstić information content (AvgIpc) is 3.48. The molecule has 1 aliphatic rings. The number of fused-ring (bicyclic) bond motifs is 1. The lowest BCUT2D eigenvalue weighted by Gasteiger charge is -2.38. The van der Waals surface area contributed by atoms with Gasteiger partial charge in [0.25, 0.3) is 11.8 Å². The molecule has 2 N–H and O–H groups in total. The minimum atomic E-state index is -4.70. The van der Waals surface area contributed by atoms with Gasteiger partial charge in [-0.2, -0.15) is 18.3 Å². The summed E-state index contributed by atoms with van der Waals surface area (Å²) in [7, 11) is -2.19. The Morgan fingerprint density at radius 2 is 1.64 bits per heavy atom. The zero-order chi connectivity index (χ0) is 38.9. The zero-order valence-corrected chi connectivity index (χ0v) is 31.5. The Balaban J connectivity index is 1.60. The van der Waals surface area contributed by atoms with Crippen molar-refractivity contribution in [3.05, 3.63) is 125 Å². The van der Waals surface area contributed by atoms with Gasteiger partial charge in [-0.05, 0) is 73.1 Å². The summed E-state index contributed by atoms with van der Waals surface area (Å²) in [5, 5.41) is 10.4. The first-order chi connectivity index (χ1) is 24.8. The minimum Gasteiger partial charge on any atom is -0.412 e. The van der Waals surface area contributed by atoms with Crippen LogP contribution < -0.4 is 15.5 Å². The van der Waals surface area contributed by atoms with Gasteiger partial charge in [-0.25, -0.2) is 9.07 Å². The van der Waals surface area contributed by atoms with Gasteiger partial charge in [-0.15, -0.1) is 0 Å². The fraction of sp³-hybridized carbons (Fsp3) is 0.333. The van der Waals surface area contributed by atoms with Crippen molar-refractivity contribution in [3.63, 3.8) is 0 Å². The molecule has 5 rings (SSSR count). The van der Waals surface area contributed by atoms with Crippen molar-refractivity contribution in [1.82, 2.24) is 20.4 Å². The molecule has 9 nitrogen and oxygen atoms in total. The molecule has 0 saturated heterocycles. The lowest BCUT2D eigenvalue weighted by atomic mass is 9.80. The van der Waals surface area contributed by atoms with Crippen molar-refractivity contribution in [1.29, 1.82) is 0 Å². The third-order valence-electron chi connectivity index (χ3n) is 9.84. The van der Waals surface area contributed by atoms with Gasteiger partial charge >= 0.3 is 6.18 Å². The predicted octanol–water partition coefficient (Wildman–Crippen LogP) is 7.52. The molecule has 3 aromatic carbocycles. The second kappa shape index (κ2) is 15.1. The molecule has 0 radical (unpaired) electrons. The van der Waals surface area contributed by atoms with E-state index < -0.39 is 55.6 Å². The Morgan fingerprint density at radius 1 is 0.981 bits per heavy atom. The van der Waals surface area contributed by atoms with E-state index in [1.54, 1.807) is 35.9 Å². The van der Waals surface area contributed by atoms with Crippen molar-refractivity contribution >= 4 is 31.9 Å². The summed E-state index contributed by atoms with van der Waals surface area (Å²) in [6.07, 6.45) is -4.70. The number of carbonyl (C=O) groups excluding carboxylic acids is 3. The Kier molecular flexibility index (Phi) is 11.2. The quantitative estimate of drug-likeness (QED) is 0.0938. The van der Waals surface area contributed by atoms with Gasteiger partial charge in [0.2, 0.25) is 5.91 Å². The van der Waals surface area contributed by atoms with Gasteiger partial charge < -0.3 is 15.1 Å². The van der Waals surface area contributed by atoms with Crippen molar-refractivity contribution < 1.29 is 36.4 Å². The number of amides is 3. The maximum atomic E-state index is 14.5. The largest absolute Gasteiger partial charge is 0.416 e. The van der Waals surface area contributed by atoms with Crippen LogP contribution in [0.25, 0.3) is 5.69 Å². The van der Waals surface area contributed by atoms with Crippen molar-refractivity contribution in [2.45, 2.75) is 70.5 Å². The first-order valence-corrected chi connectivity index (χ1v) is 20.1. The molecule has 2 atom stereocenters. The number of likely N-dealkylation sites (N-methyl/N-ethyl adjacent to an activating group) is 1. The SMILES string of the molecule is C=C(CO[Si](C)(C)C(C)(C)C)C(=O)NCc1nn(-c2ccccc2)c2c1[C@@H](c1ccc(F)cc1)[C@@H](NC(=O)c1cccc(C(F)(F)F)c1)C(=O)N2CC. The third-order valence-corrected chi connectivity index (χ3v) is 14.3. The molecular formula is C39H43F4N5O4Si. The minimum absolute atomic E-state index is 0.0266. The topological polar surface area (TPSA) is 106 Å². The van der Waals surface area contributed by atoms with Crippen molar-refractivity contribution in [2.24, 2.45) is 0 Å². The zero-order valence-electron chi connectivity index (χ0n) is 30.5. The fourth-order valence-electron chi connectivity index (χ4n) is 5.88. The number of nitrogens with zero attached hydrogens (tertiary/aromatic N) is 3. The summed E-state index contributed by atoms with van der Waals surface area (Å²) in [5.74, 6) is -3.11. The number of hydrogen-bond donors (Lipinski definition) is 2. The molecule has 0 spiro atoms. The molecule has 53 heavy (non-hydrogen) atoms. The third kappa shape index (κ3) is 8.28. The molecule has 4 aromatic rings. The molecule has 0 bridgehead atoms. The average molecular weight is 750 g/mol. The Hall–Kier alpha value is -5.08. The Labute approximate surface area is 307 Å². The molecule has 280 valence electrons. The maximum absolute atomic E-state index is 14.5. The highest BCUT2D eigenvalue weighted by Gasteiger charge is 2.46. The lowest BCUT2D eigenvalue weighted by molar-refractivity contribution is -0.137. The van der Waals surface area contributed by atoms with E-state index in [2.05, 4.69) is 51.1 Å². The molecule has 0 aliphatic carbocycles. The predicted molar refractivity (Wildman–Crippen MR) is 197 cm³/mol. The van der Waals surface area contributed by atoms with E-state index in [0.717, 1.165) is 12.1 Å². The summed E-state index contributed by atoms with van der Waals surface area (Å²) in [4.78, 5) is 43.0. The van der Waals surface area contributed by atoms with Crippen LogP contribution in [0.1, 0.15) is 66.4 Å². The monoisotopic (exact) mass is 749 g/mol. The highest BCUT2D eigenvalue weighted by atomic mass is 28.4. The van der Waals surface area contributed by atoms with Gasteiger partial charge in [0.1, 0.15) is 17.7 Å². The number of hydrogen-bond acceptors (Lipinski definition) is 5. The van der Waals surface area contributed by atoms with Crippen LogP contribution in [0.15, 0.2) is 91.0 Å². The van der Waals surface area contributed by atoms with E-state index in [1.807, 2.05) is 6.07 Å². The van der Waals surface area contributed by atoms with E-state index in [1.165, 1.54) is 35.2 Å². The Bertz CT molecular complexity index is 2010. The second-order valence-corrected chi connectivity index (χ2v) is 19.2. The standard InChI is InChI=1S/C39H43F4N5O4Si/c1-8-47-36-32(30(46-48(36)29-15-10-9-11-16-29)22-44-34(49)24(2)23-52-53(6,7)38(3,4)5)31(25-17-19-28(40)20-18-25)33(37(47)51)45-35(50)26-13-12-14-27(21-26)39(41,42)43/h9-21,31,33H,2,8,22-23H2,1,3-7H3,(H,44,49)(H,45,50)/t31-,33-/m1/s1. The summed E-state index contributed by atoms with van der Waals surface area (Å²) >= 11 is 0. The van der Waals surface area contributed by atoms with Gasteiger partial charge in [0.15, 0.2) is 8.32 Å². The van der Waals surface area contributed by atoms with Crippen LogP contribution in [-0.4, -0.2) is 55.0 Å². The number of alkyl halides is 3. The number of aromatic nitrogens is 2. The van der Waals surface area contributed by atoms with Gasteiger partial charge in [0, 0.05) is 29.2 Å². The fourth-order valence-corrected chi connectivity index (χ4v) is 6.85. The van der Waals surface area contributed by atoms with Crippen LogP contribution >= 0.6 is 0 Å². The van der Waals surface area contributed by atoms with Crippen LogP contribution in [-0.2, 0) is 26.7 Å². The van der Waals surface area contributed by atoms with E-state index in [-0.39, 0.29) is 35.9 Å². The number of para-hydroxylation sites is 1. The lowest BCUT2D eigenvalue weighted by Crippen LogP contribution is -2.55. The van der Waals surface area contributed by atoms with Crippen molar-refractivity contribution in [3.8, 4) is 5.69 Å². The molecule has 3 amide bonds. The van der Waals surface area contributed by atoms with Gasteiger partial charge in [-0.3, -0.25) is 19.3 Å². The van der Waals surface area contributed by atoms with Crippen LogP contribution in [0.5, 0.6) is 0 Å². The van der Waals surface area contributed by atoms with Crippen molar-refractivity contribution in [2.75, 3.05) is 18.1 Å². The molecule has 0 saturated carbocycles. The highest BCUT2D eigenvalue weighted by molar-refractivity contribution is 6.74. The van der Waals surface area contributed by atoms with E-state index in [0.29, 0.717) is 34.4 Å². The van der Waals surface area contributed by atoms with E-state index >= 15 is 0 Å². The molecule has 1 aliphatic heterocycles. The van der Waals surface area contributed by atoms with E-state index in [9.17, 15) is 31.9 Å². The van der Waals surface area contributed by atoms with E-state index in [4.69, 9.17) is 9.52 Å². The maximum Gasteiger partial charge on any atom is 0.416 e. The molecule has 14 heteroatoms. The van der Waals surface area contributed by atoms with Crippen LogP contribution in [0.3, 0.4) is 0 Å². The first-order valence-electron chi connectivity index (χ1n) is 17.2. The number of halogens is 4. The second-order valence-electron chi connectivity index (χ2n) is 14.4. The summed E-state index contributed by atoms with van der Waals surface area (Å²) < 4.78 is 62.8. The molecule has 1 aromatic heterocycles. The van der Waals surface area contributed by atoms with Gasteiger partial charge in [-0.1, -0.05) is 63.7 Å². The van der Waals surface area contributed by atoms with Crippen LogP contribution in [0, 0.1) is 5.82 Å². The van der Waals surface area contributed by atoms with Crippen LogP contribution in [0.4, 0.5) is 23.4 Å². The number of anilines is 1. The normalized spacial score (nSPS) is 16.3. The summed E-state index contributed by atoms with van der Waals surface area (Å²) in [5.41, 5.74) is 0.713. The number of carbonyl (C=O) groups is 3. The summed E-state index contributed by atoms with van der Waals surface area (Å²) in [6.45, 7) is 16.1. The molecule has 0 unspecified atom stereocenters. The number of nitrogens with one attached hydrogen (secondary N) is 2. The van der Waals surface area contributed by atoms with Gasteiger partial charge in [0.05, 0.1) is 30.1 Å². The molecule has 0 fully saturated rings. The highest BCUT2D eigenvalue weighted by Crippen LogP contribution is 2.44. The molecule has 2 heterocycles. The van der Waals surface area contributed by atoms with Crippen LogP contribution in [0.2, 0.25) is 18.1 Å². The number of benzene rings is 3. The number of rotatable bonds is 11. The smallest absolute Gasteiger partial charge is 0.412 e. The first kappa shape index (κ1) is 39.1. The molecular weight excluding hydrogens is 707 g/mol.